The van der Waals surface area contributed by atoms with Crippen molar-refractivity contribution in [2.75, 3.05) is 22.4 Å². The molecule has 0 bridgehead atoms. The number of aryl methyl sites for hydroxylation is 1. The first kappa shape index (κ1) is 23.0. The van der Waals surface area contributed by atoms with Crippen molar-refractivity contribution in [2.45, 2.75) is 25.9 Å². The molecule has 0 heterocycles. The van der Waals surface area contributed by atoms with E-state index < -0.39 is 27.7 Å². The predicted molar refractivity (Wildman–Crippen MR) is 108 cm³/mol. The number of alkyl halides is 3. The zero-order chi connectivity index (χ0) is 21.8. The number of benzene rings is 2. The number of amides is 1. The summed E-state index contributed by atoms with van der Waals surface area (Å²) in [5.41, 5.74) is 0.365. The summed E-state index contributed by atoms with van der Waals surface area (Å²) in [6.45, 7) is 1.92. The molecule has 0 atom stereocenters. The molecule has 29 heavy (non-hydrogen) atoms. The van der Waals surface area contributed by atoms with E-state index in [1.165, 1.54) is 4.31 Å². The number of nitrogens with one attached hydrogen (secondary N) is 1. The lowest BCUT2D eigenvalue weighted by Gasteiger charge is -2.22. The largest absolute Gasteiger partial charge is 0.416 e. The third-order valence-electron chi connectivity index (χ3n) is 4.06. The summed E-state index contributed by atoms with van der Waals surface area (Å²) in [7, 11) is -3.56. The molecule has 1 amide bonds. The lowest BCUT2D eigenvalue weighted by molar-refractivity contribution is -0.137. The summed E-state index contributed by atoms with van der Waals surface area (Å²) >= 11 is 5.86. The van der Waals surface area contributed by atoms with Gasteiger partial charge in [0.15, 0.2) is 0 Å². The summed E-state index contributed by atoms with van der Waals surface area (Å²) in [4.78, 5) is 12.1. The summed E-state index contributed by atoms with van der Waals surface area (Å²) in [5.74, 6) is -0.566. The Balaban J connectivity index is 2.02. The van der Waals surface area contributed by atoms with E-state index in [4.69, 9.17) is 11.6 Å². The molecule has 0 saturated carbocycles. The number of carbonyl (C=O) groups excluding carboxylic acids is 1. The van der Waals surface area contributed by atoms with Crippen molar-refractivity contribution < 1.29 is 26.4 Å². The van der Waals surface area contributed by atoms with Gasteiger partial charge in [-0.2, -0.15) is 13.2 Å². The number of carbonyl (C=O) groups is 1. The van der Waals surface area contributed by atoms with E-state index in [0.717, 1.165) is 30.0 Å². The van der Waals surface area contributed by atoms with Gasteiger partial charge >= 0.3 is 6.18 Å². The Morgan fingerprint density at radius 1 is 1.14 bits per heavy atom. The Labute approximate surface area is 172 Å². The summed E-state index contributed by atoms with van der Waals surface area (Å²) < 4.78 is 63.7. The summed E-state index contributed by atoms with van der Waals surface area (Å²) in [5, 5.41) is 2.32. The molecular weight excluding hydrogens is 429 g/mol. The molecule has 0 unspecified atom stereocenters. The number of anilines is 2. The molecule has 2 rings (SSSR count). The number of nitrogens with zero attached hydrogens (tertiary/aromatic N) is 1. The van der Waals surface area contributed by atoms with Gasteiger partial charge < -0.3 is 5.32 Å². The fourth-order valence-corrected chi connectivity index (χ4v) is 3.72. The zero-order valence-electron chi connectivity index (χ0n) is 15.8. The summed E-state index contributed by atoms with van der Waals surface area (Å²) in [6, 6.07) is 9.52. The van der Waals surface area contributed by atoms with Crippen LogP contribution in [0.2, 0.25) is 5.02 Å². The molecule has 2 aromatic rings. The van der Waals surface area contributed by atoms with E-state index in [0.29, 0.717) is 5.69 Å². The second-order valence-electron chi connectivity index (χ2n) is 6.51. The average molecular weight is 449 g/mol. The maximum absolute atomic E-state index is 12.8. The Kier molecular flexibility index (Phi) is 7.18. The number of halogens is 4. The van der Waals surface area contributed by atoms with Gasteiger partial charge in [-0.25, -0.2) is 8.42 Å². The first-order valence-electron chi connectivity index (χ1n) is 8.59. The maximum Gasteiger partial charge on any atom is 0.416 e. The van der Waals surface area contributed by atoms with Crippen LogP contribution in [0.25, 0.3) is 0 Å². The van der Waals surface area contributed by atoms with Crippen molar-refractivity contribution in [3.63, 3.8) is 0 Å². The molecule has 0 aromatic heterocycles. The first-order valence-corrected chi connectivity index (χ1v) is 10.8. The van der Waals surface area contributed by atoms with Crippen molar-refractivity contribution in [2.24, 2.45) is 0 Å². The standard InChI is InChI=1S/C19H20ClF3N2O3S/c1-13-5-8-15(9-6-13)25(29(2,27)28)11-3-4-18(26)24-17-12-14(19(21,22)23)7-10-16(17)20/h5-10,12H,3-4,11H2,1-2H3,(H,24,26). The van der Waals surface area contributed by atoms with Crippen LogP contribution in [-0.4, -0.2) is 27.1 Å². The third-order valence-corrected chi connectivity index (χ3v) is 5.58. The van der Waals surface area contributed by atoms with E-state index in [1.54, 1.807) is 24.3 Å². The normalized spacial score (nSPS) is 11.9. The van der Waals surface area contributed by atoms with E-state index in [1.807, 2.05) is 6.92 Å². The van der Waals surface area contributed by atoms with E-state index in [9.17, 15) is 26.4 Å². The lowest BCUT2D eigenvalue weighted by Crippen LogP contribution is -2.31. The number of hydrogen-bond acceptors (Lipinski definition) is 3. The molecule has 0 aliphatic heterocycles. The minimum absolute atomic E-state index is 0.0243. The Morgan fingerprint density at radius 3 is 2.31 bits per heavy atom. The van der Waals surface area contributed by atoms with Crippen molar-refractivity contribution in [3.05, 3.63) is 58.6 Å². The molecule has 0 spiro atoms. The van der Waals surface area contributed by atoms with Gasteiger partial charge in [0, 0.05) is 13.0 Å². The molecule has 0 radical (unpaired) electrons. The highest BCUT2D eigenvalue weighted by Crippen LogP contribution is 2.33. The number of rotatable bonds is 7. The maximum atomic E-state index is 12.8. The third kappa shape index (κ3) is 6.64. The molecule has 0 aliphatic carbocycles. The fourth-order valence-electron chi connectivity index (χ4n) is 2.59. The highest BCUT2D eigenvalue weighted by molar-refractivity contribution is 7.92. The molecular formula is C19H20ClF3N2O3S. The predicted octanol–water partition coefficient (Wildman–Crippen LogP) is 4.85. The molecule has 1 N–H and O–H groups in total. The van der Waals surface area contributed by atoms with Crippen molar-refractivity contribution in [1.82, 2.24) is 0 Å². The lowest BCUT2D eigenvalue weighted by atomic mass is 10.2. The quantitative estimate of drug-likeness (QED) is 0.658. The number of hydrogen-bond donors (Lipinski definition) is 1. The van der Waals surface area contributed by atoms with Crippen LogP contribution < -0.4 is 9.62 Å². The Hall–Kier alpha value is -2.26. The average Bonchev–Trinajstić information content (AvgIpc) is 2.59. The van der Waals surface area contributed by atoms with Crippen LogP contribution >= 0.6 is 11.6 Å². The van der Waals surface area contributed by atoms with E-state index in [2.05, 4.69) is 5.32 Å². The fraction of sp³-hybridized carbons (Fsp3) is 0.316. The van der Waals surface area contributed by atoms with Gasteiger partial charge in [-0.1, -0.05) is 29.3 Å². The molecule has 0 aliphatic rings. The Bertz CT molecular complexity index is 977. The van der Waals surface area contributed by atoms with Crippen LogP contribution in [0.1, 0.15) is 24.0 Å². The van der Waals surface area contributed by atoms with Gasteiger partial charge in [0.1, 0.15) is 0 Å². The second-order valence-corrected chi connectivity index (χ2v) is 8.83. The van der Waals surface area contributed by atoms with Gasteiger partial charge in [-0.15, -0.1) is 0 Å². The molecule has 158 valence electrons. The van der Waals surface area contributed by atoms with Gasteiger partial charge in [0.05, 0.1) is 28.2 Å². The van der Waals surface area contributed by atoms with E-state index >= 15 is 0 Å². The first-order chi connectivity index (χ1) is 13.4. The van der Waals surface area contributed by atoms with Gasteiger partial charge in [-0.05, 0) is 43.7 Å². The molecule has 0 saturated heterocycles. The number of sulfonamides is 1. The van der Waals surface area contributed by atoms with Gasteiger partial charge in [0.25, 0.3) is 0 Å². The van der Waals surface area contributed by atoms with E-state index in [-0.39, 0.29) is 30.1 Å². The van der Waals surface area contributed by atoms with Crippen LogP contribution in [0.3, 0.4) is 0 Å². The van der Waals surface area contributed by atoms with Crippen molar-refractivity contribution in [1.29, 1.82) is 0 Å². The molecule has 10 heteroatoms. The van der Waals surface area contributed by atoms with Gasteiger partial charge in [-0.3, -0.25) is 9.10 Å². The van der Waals surface area contributed by atoms with Crippen molar-refractivity contribution >= 4 is 38.9 Å². The Morgan fingerprint density at radius 2 is 1.76 bits per heavy atom. The van der Waals surface area contributed by atoms with Crippen LogP contribution in [0.4, 0.5) is 24.5 Å². The van der Waals surface area contributed by atoms with Crippen LogP contribution in [0, 0.1) is 6.92 Å². The van der Waals surface area contributed by atoms with Crippen LogP contribution in [0.15, 0.2) is 42.5 Å². The van der Waals surface area contributed by atoms with Crippen LogP contribution in [0.5, 0.6) is 0 Å². The second kappa shape index (κ2) is 9.04. The monoisotopic (exact) mass is 448 g/mol. The smallest absolute Gasteiger partial charge is 0.325 e. The molecule has 2 aromatic carbocycles. The van der Waals surface area contributed by atoms with Gasteiger partial charge in [0.2, 0.25) is 15.9 Å². The highest BCUT2D eigenvalue weighted by atomic mass is 35.5. The highest BCUT2D eigenvalue weighted by Gasteiger charge is 2.31. The molecule has 0 fully saturated rings. The zero-order valence-corrected chi connectivity index (χ0v) is 17.3. The van der Waals surface area contributed by atoms with Crippen molar-refractivity contribution in [3.8, 4) is 0 Å². The topological polar surface area (TPSA) is 66.5 Å². The summed E-state index contributed by atoms with van der Waals surface area (Å²) in [6.07, 6.45) is -3.42. The SMILES string of the molecule is Cc1ccc(N(CCCC(=O)Nc2cc(C(F)(F)F)ccc2Cl)S(C)(=O)=O)cc1. The minimum Gasteiger partial charge on any atom is -0.325 e. The minimum atomic E-state index is -4.56. The van der Waals surface area contributed by atoms with Crippen LogP contribution in [-0.2, 0) is 21.0 Å². The molecule has 5 nitrogen and oxygen atoms in total.